The number of hydrogen-bond acceptors (Lipinski definition) is 4. The number of carbonyl (C=O) groups excluding carboxylic acids is 2. The molecule has 1 saturated heterocycles. The van der Waals surface area contributed by atoms with Gasteiger partial charge in [-0.2, -0.15) is 0 Å². The van der Waals surface area contributed by atoms with E-state index in [1.165, 1.54) is 10.6 Å². The first kappa shape index (κ1) is 18.2. The Kier molecular flexibility index (Phi) is 5.43. The van der Waals surface area contributed by atoms with E-state index in [9.17, 15) is 14.4 Å². The molecule has 7 nitrogen and oxygen atoms in total. The van der Waals surface area contributed by atoms with Gasteiger partial charge >= 0.3 is 0 Å². The Bertz CT molecular complexity index is 709. The summed E-state index contributed by atoms with van der Waals surface area (Å²) in [5, 5.41) is 2.76. The van der Waals surface area contributed by atoms with Crippen molar-refractivity contribution in [2.24, 2.45) is 5.73 Å². The average Bonchev–Trinajstić information content (AvgIpc) is 2.89. The number of likely N-dealkylation sites (tertiary alicyclic amines) is 1. The summed E-state index contributed by atoms with van der Waals surface area (Å²) in [5.74, 6) is -0.378. The number of hydrogen-bond donors (Lipinski definition) is 2. The zero-order valence-electron chi connectivity index (χ0n) is 14.8. The lowest BCUT2D eigenvalue weighted by Crippen LogP contribution is -2.38. The van der Waals surface area contributed by atoms with Gasteiger partial charge in [0.1, 0.15) is 6.54 Å². The number of nitrogens with zero attached hydrogens (tertiary/aromatic N) is 2. The number of nitrogens with two attached hydrogens (primary N) is 1. The van der Waals surface area contributed by atoms with E-state index in [1.807, 2.05) is 13.8 Å². The SMILES string of the molecule is Cc1cc(=O)n(CC(=O)NC(C)C)c(C)c1C(=O)N1CC[C@@H](N)C1. The molecule has 0 bridgehead atoms. The van der Waals surface area contributed by atoms with Crippen LogP contribution in [0.3, 0.4) is 0 Å². The first-order valence-corrected chi connectivity index (χ1v) is 8.26. The summed E-state index contributed by atoms with van der Waals surface area (Å²) in [4.78, 5) is 38.8. The van der Waals surface area contributed by atoms with Gasteiger partial charge in [-0.05, 0) is 39.7 Å². The van der Waals surface area contributed by atoms with E-state index in [2.05, 4.69) is 5.32 Å². The fourth-order valence-corrected chi connectivity index (χ4v) is 3.08. The lowest BCUT2D eigenvalue weighted by Gasteiger charge is -2.21. The summed E-state index contributed by atoms with van der Waals surface area (Å²) in [6.07, 6.45) is 0.778. The van der Waals surface area contributed by atoms with Crippen LogP contribution in [0.25, 0.3) is 0 Å². The molecular formula is C17H26N4O3. The van der Waals surface area contributed by atoms with Crippen LogP contribution >= 0.6 is 0 Å². The highest BCUT2D eigenvalue weighted by Gasteiger charge is 2.28. The van der Waals surface area contributed by atoms with E-state index < -0.39 is 0 Å². The maximum absolute atomic E-state index is 12.8. The number of aromatic nitrogens is 1. The van der Waals surface area contributed by atoms with Gasteiger partial charge in [-0.3, -0.25) is 14.4 Å². The van der Waals surface area contributed by atoms with Crippen molar-refractivity contribution in [3.63, 3.8) is 0 Å². The molecule has 7 heteroatoms. The minimum absolute atomic E-state index is 0.00251. The normalized spacial score (nSPS) is 17.4. The highest BCUT2D eigenvalue weighted by molar-refractivity contribution is 5.97. The number of pyridine rings is 1. The Labute approximate surface area is 141 Å². The monoisotopic (exact) mass is 334 g/mol. The van der Waals surface area contributed by atoms with Gasteiger partial charge in [0.25, 0.3) is 11.5 Å². The highest BCUT2D eigenvalue weighted by atomic mass is 16.2. The molecule has 0 radical (unpaired) electrons. The van der Waals surface area contributed by atoms with Gasteiger partial charge in [-0.1, -0.05) is 0 Å². The third kappa shape index (κ3) is 3.84. The van der Waals surface area contributed by atoms with Crippen LogP contribution in [0, 0.1) is 13.8 Å². The van der Waals surface area contributed by atoms with E-state index in [0.717, 1.165) is 6.42 Å². The average molecular weight is 334 g/mol. The summed E-state index contributed by atoms with van der Waals surface area (Å²) in [7, 11) is 0. The molecule has 1 aromatic rings. The van der Waals surface area contributed by atoms with Gasteiger partial charge in [-0.25, -0.2) is 0 Å². The van der Waals surface area contributed by atoms with Crippen LogP contribution in [0.2, 0.25) is 0 Å². The molecule has 0 aliphatic carbocycles. The number of aryl methyl sites for hydroxylation is 1. The molecule has 1 aromatic heterocycles. The van der Waals surface area contributed by atoms with Crippen molar-refractivity contribution in [2.45, 2.75) is 52.7 Å². The van der Waals surface area contributed by atoms with Gasteiger partial charge in [0.2, 0.25) is 5.91 Å². The minimum Gasteiger partial charge on any atom is -0.352 e. The second-order valence-electron chi connectivity index (χ2n) is 6.73. The van der Waals surface area contributed by atoms with Gasteiger partial charge in [0.15, 0.2) is 0 Å². The van der Waals surface area contributed by atoms with Crippen LogP contribution in [-0.4, -0.2) is 46.5 Å². The van der Waals surface area contributed by atoms with Crippen LogP contribution in [0.15, 0.2) is 10.9 Å². The molecule has 1 aliphatic rings. The molecular weight excluding hydrogens is 308 g/mol. The zero-order chi connectivity index (χ0) is 18.0. The third-order valence-electron chi connectivity index (χ3n) is 4.24. The Balaban J connectivity index is 2.35. The summed E-state index contributed by atoms with van der Waals surface area (Å²) in [6.45, 7) is 8.21. The van der Waals surface area contributed by atoms with Crippen molar-refractivity contribution in [3.8, 4) is 0 Å². The Hall–Kier alpha value is -2.15. The van der Waals surface area contributed by atoms with Crippen molar-refractivity contribution in [3.05, 3.63) is 33.2 Å². The lowest BCUT2D eigenvalue weighted by molar-refractivity contribution is -0.122. The van der Waals surface area contributed by atoms with Gasteiger partial charge in [0, 0.05) is 36.9 Å². The van der Waals surface area contributed by atoms with Crippen molar-refractivity contribution in [1.29, 1.82) is 0 Å². The predicted octanol–water partition coefficient (Wildman–Crippen LogP) is 0.163. The van der Waals surface area contributed by atoms with Crippen molar-refractivity contribution >= 4 is 11.8 Å². The first-order chi connectivity index (χ1) is 11.2. The summed E-state index contributed by atoms with van der Waals surface area (Å²) in [5.41, 5.74) is 7.24. The van der Waals surface area contributed by atoms with Crippen LogP contribution in [0.5, 0.6) is 0 Å². The molecule has 1 aliphatic heterocycles. The molecule has 3 N–H and O–H groups in total. The third-order valence-corrected chi connectivity index (χ3v) is 4.24. The van der Waals surface area contributed by atoms with E-state index >= 15 is 0 Å². The quantitative estimate of drug-likeness (QED) is 0.820. The van der Waals surface area contributed by atoms with Gasteiger partial charge in [-0.15, -0.1) is 0 Å². The first-order valence-electron chi connectivity index (χ1n) is 8.26. The number of rotatable bonds is 4. The Morgan fingerprint density at radius 3 is 2.58 bits per heavy atom. The van der Waals surface area contributed by atoms with Gasteiger partial charge in [0.05, 0.1) is 5.56 Å². The van der Waals surface area contributed by atoms with Crippen molar-refractivity contribution in [1.82, 2.24) is 14.8 Å². The van der Waals surface area contributed by atoms with Gasteiger partial charge < -0.3 is 20.5 Å². The van der Waals surface area contributed by atoms with E-state index in [1.54, 1.807) is 18.7 Å². The second kappa shape index (κ2) is 7.17. The van der Waals surface area contributed by atoms with Crippen LogP contribution < -0.4 is 16.6 Å². The topological polar surface area (TPSA) is 97.4 Å². The second-order valence-corrected chi connectivity index (χ2v) is 6.73. The van der Waals surface area contributed by atoms with E-state index in [0.29, 0.717) is 29.9 Å². The smallest absolute Gasteiger partial charge is 0.255 e. The largest absolute Gasteiger partial charge is 0.352 e. The van der Waals surface area contributed by atoms with Crippen molar-refractivity contribution in [2.75, 3.05) is 13.1 Å². The van der Waals surface area contributed by atoms with Crippen LogP contribution in [0.1, 0.15) is 41.9 Å². The predicted molar refractivity (Wildman–Crippen MR) is 92.0 cm³/mol. The van der Waals surface area contributed by atoms with Crippen LogP contribution in [-0.2, 0) is 11.3 Å². The fraction of sp³-hybridized carbons (Fsp3) is 0.588. The number of amides is 2. The molecule has 2 heterocycles. The highest BCUT2D eigenvalue weighted by Crippen LogP contribution is 2.18. The maximum Gasteiger partial charge on any atom is 0.255 e. The van der Waals surface area contributed by atoms with Crippen LogP contribution in [0.4, 0.5) is 0 Å². The molecule has 2 rings (SSSR count). The minimum atomic E-state index is -0.279. The number of carbonyl (C=O) groups is 2. The summed E-state index contributed by atoms with van der Waals surface area (Å²) < 4.78 is 1.36. The molecule has 0 spiro atoms. The molecule has 2 amide bonds. The summed E-state index contributed by atoms with van der Waals surface area (Å²) in [6, 6.07) is 1.40. The van der Waals surface area contributed by atoms with E-state index in [4.69, 9.17) is 5.73 Å². The van der Waals surface area contributed by atoms with E-state index in [-0.39, 0.29) is 36.0 Å². The summed E-state index contributed by atoms with van der Waals surface area (Å²) >= 11 is 0. The zero-order valence-corrected chi connectivity index (χ0v) is 14.8. The molecule has 0 unspecified atom stereocenters. The molecule has 24 heavy (non-hydrogen) atoms. The fourth-order valence-electron chi connectivity index (χ4n) is 3.08. The lowest BCUT2D eigenvalue weighted by atomic mass is 10.1. The molecule has 1 fully saturated rings. The molecule has 132 valence electrons. The molecule has 1 atom stereocenters. The molecule has 0 aromatic carbocycles. The molecule has 0 saturated carbocycles. The number of nitrogens with one attached hydrogen (secondary N) is 1. The Morgan fingerprint density at radius 1 is 1.38 bits per heavy atom. The van der Waals surface area contributed by atoms with Crippen molar-refractivity contribution < 1.29 is 9.59 Å². The standard InChI is InChI=1S/C17H26N4O3/c1-10(2)19-14(22)9-21-12(4)16(11(3)7-15(21)23)17(24)20-6-5-13(18)8-20/h7,10,13H,5-6,8-9,18H2,1-4H3,(H,19,22)/t13-/m1/s1. The maximum atomic E-state index is 12.8. The Morgan fingerprint density at radius 2 is 2.04 bits per heavy atom.